The van der Waals surface area contributed by atoms with Crippen LogP contribution in [0.15, 0.2) is 67.0 Å². The molecule has 4 aromatic rings. The number of nitrogens with two attached hydrogens (primary N) is 1. The van der Waals surface area contributed by atoms with E-state index in [0.29, 0.717) is 12.4 Å². The molecule has 2 aromatic heterocycles. The first kappa shape index (κ1) is 19.5. The third kappa shape index (κ3) is 3.85. The molecule has 1 aliphatic rings. The molecule has 2 aromatic carbocycles. The third-order valence-corrected chi connectivity index (χ3v) is 5.66. The fourth-order valence-electron chi connectivity index (χ4n) is 4.04. The van der Waals surface area contributed by atoms with Crippen LogP contribution in [0.2, 0.25) is 0 Å². The molecule has 0 unspecified atom stereocenters. The Labute approximate surface area is 180 Å². The van der Waals surface area contributed by atoms with Crippen molar-refractivity contribution in [3.05, 3.63) is 72.8 Å². The average Bonchev–Trinajstić information content (AvgIpc) is 3.21. The van der Waals surface area contributed by atoms with E-state index in [1.54, 1.807) is 6.20 Å². The minimum atomic E-state index is -0.0918. The highest BCUT2D eigenvalue weighted by molar-refractivity contribution is 5.85. The van der Waals surface area contributed by atoms with Crippen molar-refractivity contribution in [2.75, 3.05) is 18.9 Å². The van der Waals surface area contributed by atoms with E-state index in [9.17, 15) is 5.11 Å². The van der Waals surface area contributed by atoms with Crippen molar-refractivity contribution >= 4 is 11.3 Å². The lowest BCUT2D eigenvalue weighted by atomic mass is 9.98. The summed E-state index contributed by atoms with van der Waals surface area (Å²) in [7, 11) is 0. The number of nitrogens with zero attached hydrogens (tertiary/aromatic N) is 3. The van der Waals surface area contributed by atoms with Gasteiger partial charge >= 0.3 is 0 Å². The quantitative estimate of drug-likeness (QED) is 0.510. The van der Waals surface area contributed by atoms with Crippen molar-refractivity contribution in [1.82, 2.24) is 14.4 Å². The van der Waals surface area contributed by atoms with Crippen LogP contribution in [-0.4, -0.2) is 38.8 Å². The topological polar surface area (TPSA) is 94.9 Å². The van der Waals surface area contributed by atoms with E-state index in [2.05, 4.69) is 4.98 Å². The Morgan fingerprint density at radius 1 is 1.06 bits per heavy atom. The molecule has 31 heavy (non-hydrogen) atoms. The van der Waals surface area contributed by atoms with Gasteiger partial charge in [0.15, 0.2) is 0 Å². The average molecular weight is 416 g/mol. The third-order valence-electron chi connectivity index (χ3n) is 5.66. The number of hydrogen-bond acceptors (Lipinski definition) is 6. The van der Waals surface area contributed by atoms with Crippen molar-refractivity contribution in [3.8, 4) is 22.8 Å². The summed E-state index contributed by atoms with van der Waals surface area (Å²) in [6, 6.07) is 17.5. The molecule has 2 atom stereocenters. The van der Waals surface area contributed by atoms with E-state index in [0.717, 1.165) is 46.9 Å². The molecule has 7 heteroatoms. The van der Waals surface area contributed by atoms with Gasteiger partial charge in [-0.05, 0) is 49.2 Å². The zero-order valence-corrected chi connectivity index (χ0v) is 17.0. The lowest BCUT2D eigenvalue weighted by Crippen LogP contribution is -2.28. The standard InChI is InChI=1S/C24H24N4O3/c25-23-22-21(16-6-9-19(10-7-16)31-18-4-2-1-3-5-18)27-24(28(22)13-12-26-23)17-8-11-20(14-29)30-15-17/h1-7,9-10,12-13,17,20,29H,8,11,14-15H2,(H2,25,26)/t17-,20+/m0/s1. The second kappa shape index (κ2) is 8.37. The molecule has 1 saturated heterocycles. The summed E-state index contributed by atoms with van der Waals surface area (Å²) in [5.74, 6) is 3.01. The highest BCUT2D eigenvalue weighted by Gasteiger charge is 2.27. The highest BCUT2D eigenvalue weighted by atomic mass is 16.5. The van der Waals surface area contributed by atoms with Gasteiger partial charge in [0.25, 0.3) is 0 Å². The van der Waals surface area contributed by atoms with Gasteiger partial charge in [-0.2, -0.15) is 0 Å². The number of benzene rings is 2. The minimum Gasteiger partial charge on any atom is -0.457 e. The van der Waals surface area contributed by atoms with Gasteiger partial charge in [-0.25, -0.2) is 9.97 Å². The summed E-state index contributed by atoms with van der Waals surface area (Å²) >= 11 is 0. The molecule has 3 N–H and O–H groups in total. The SMILES string of the molecule is Nc1nccn2c([C@H]3CC[C@H](CO)OC3)nc(-c3ccc(Oc4ccccc4)cc3)c12. The van der Waals surface area contributed by atoms with Gasteiger partial charge in [0, 0.05) is 23.9 Å². The Morgan fingerprint density at radius 2 is 1.84 bits per heavy atom. The fraction of sp³-hybridized carbons (Fsp3) is 0.250. The molecule has 0 amide bonds. The molecule has 0 aliphatic carbocycles. The normalized spacial score (nSPS) is 18.9. The maximum absolute atomic E-state index is 9.34. The van der Waals surface area contributed by atoms with Crippen molar-refractivity contribution in [3.63, 3.8) is 0 Å². The Bertz CT molecular complexity index is 1170. The van der Waals surface area contributed by atoms with Crippen LogP contribution in [0.3, 0.4) is 0 Å². The minimum absolute atomic E-state index is 0.0502. The monoisotopic (exact) mass is 416 g/mol. The summed E-state index contributed by atoms with van der Waals surface area (Å²) in [5, 5.41) is 9.34. The van der Waals surface area contributed by atoms with Crippen molar-refractivity contribution < 1.29 is 14.6 Å². The van der Waals surface area contributed by atoms with Gasteiger partial charge in [-0.3, -0.25) is 4.40 Å². The van der Waals surface area contributed by atoms with E-state index in [1.165, 1.54) is 0 Å². The molecule has 1 aliphatic heterocycles. The van der Waals surface area contributed by atoms with Crippen LogP contribution >= 0.6 is 0 Å². The Morgan fingerprint density at radius 3 is 2.55 bits per heavy atom. The summed E-state index contributed by atoms with van der Waals surface area (Å²) in [5.41, 5.74) is 8.77. The molecule has 0 radical (unpaired) electrons. The van der Waals surface area contributed by atoms with Gasteiger partial charge in [-0.15, -0.1) is 0 Å². The molecular weight excluding hydrogens is 392 g/mol. The Hall–Kier alpha value is -3.42. The number of aliphatic hydroxyl groups excluding tert-OH is 1. The molecular formula is C24H24N4O3. The van der Waals surface area contributed by atoms with Crippen molar-refractivity contribution in [2.45, 2.75) is 24.9 Å². The van der Waals surface area contributed by atoms with Crippen LogP contribution in [-0.2, 0) is 4.74 Å². The number of ether oxygens (including phenoxy) is 2. The highest BCUT2D eigenvalue weighted by Crippen LogP contribution is 2.35. The fourth-order valence-corrected chi connectivity index (χ4v) is 4.04. The number of para-hydroxylation sites is 1. The first-order chi connectivity index (χ1) is 15.2. The van der Waals surface area contributed by atoms with Crippen LogP contribution in [0, 0.1) is 0 Å². The van der Waals surface area contributed by atoms with Crippen LogP contribution in [0.25, 0.3) is 16.8 Å². The number of nitrogen functional groups attached to an aromatic ring is 1. The number of imidazole rings is 1. The summed E-state index contributed by atoms with van der Waals surface area (Å²) in [4.78, 5) is 9.25. The first-order valence-corrected chi connectivity index (χ1v) is 10.4. The summed E-state index contributed by atoms with van der Waals surface area (Å²) in [6.07, 6.45) is 5.19. The predicted octanol–water partition coefficient (Wildman–Crippen LogP) is 4.03. The molecule has 5 rings (SSSR count). The van der Waals surface area contributed by atoms with E-state index in [-0.39, 0.29) is 18.6 Å². The second-order valence-corrected chi connectivity index (χ2v) is 7.70. The summed E-state index contributed by atoms with van der Waals surface area (Å²) in [6.45, 7) is 0.574. The van der Waals surface area contributed by atoms with Crippen LogP contribution in [0.1, 0.15) is 24.6 Å². The van der Waals surface area contributed by atoms with E-state index >= 15 is 0 Å². The van der Waals surface area contributed by atoms with Gasteiger partial charge in [0.05, 0.1) is 19.3 Å². The number of anilines is 1. The van der Waals surface area contributed by atoms with Crippen molar-refractivity contribution in [2.24, 2.45) is 0 Å². The number of fused-ring (bicyclic) bond motifs is 1. The zero-order chi connectivity index (χ0) is 21.2. The van der Waals surface area contributed by atoms with Gasteiger partial charge in [0.2, 0.25) is 0 Å². The Balaban J connectivity index is 1.48. The summed E-state index contributed by atoms with van der Waals surface area (Å²) < 4.78 is 13.7. The predicted molar refractivity (Wildman–Crippen MR) is 118 cm³/mol. The Kier molecular flexibility index (Phi) is 5.28. The van der Waals surface area contributed by atoms with E-state index < -0.39 is 0 Å². The number of hydrogen-bond donors (Lipinski definition) is 2. The van der Waals surface area contributed by atoms with Gasteiger partial charge < -0.3 is 20.3 Å². The molecule has 1 fully saturated rings. The maximum Gasteiger partial charge on any atom is 0.150 e. The molecule has 158 valence electrons. The largest absolute Gasteiger partial charge is 0.457 e. The molecule has 0 bridgehead atoms. The molecule has 0 spiro atoms. The lowest BCUT2D eigenvalue weighted by Gasteiger charge is -2.27. The number of aliphatic hydroxyl groups is 1. The molecule has 3 heterocycles. The second-order valence-electron chi connectivity index (χ2n) is 7.70. The smallest absolute Gasteiger partial charge is 0.150 e. The van der Waals surface area contributed by atoms with Gasteiger partial charge in [0.1, 0.15) is 34.4 Å². The van der Waals surface area contributed by atoms with Crippen molar-refractivity contribution in [1.29, 1.82) is 0 Å². The van der Waals surface area contributed by atoms with Crippen LogP contribution in [0.4, 0.5) is 5.82 Å². The maximum atomic E-state index is 9.34. The van der Waals surface area contributed by atoms with E-state index in [1.807, 2.05) is 65.2 Å². The van der Waals surface area contributed by atoms with Gasteiger partial charge in [-0.1, -0.05) is 18.2 Å². The molecule has 7 nitrogen and oxygen atoms in total. The molecule has 0 saturated carbocycles. The number of aromatic nitrogens is 3. The van der Waals surface area contributed by atoms with E-state index in [4.69, 9.17) is 20.2 Å². The van der Waals surface area contributed by atoms with Crippen LogP contribution < -0.4 is 10.5 Å². The lowest BCUT2D eigenvalue weighted by molar-refractivity contribution is -0.0282. The zero-order valence-electron chi connectivity index (χ0n) is 17.0. The van der Waals surface area contributed by atoms with Crippen LogP contribution in [0.5, 0.6) is 11.5 Å². The first-order valence-electron chi connectivity index (χ1n) is 10.4. The number of rotatable bonds is 5.